The summed E-state index contributed by atoms with van der Waals surface area (Å²) < 4.78 is 21.6. The van der Waals surface area contributed by atoms with Crippen molar-refractivity contribution in [3.05, 3.63) is 45.6 Å². The molecule has 3 rings (SSSR count). The second kappa shape index (κ2) is 12.5. The van der Waals surface area contributed by atoms with E-state index in [0.29, 0.717) is 41.2 Å². The third kappa shape index (κ3) is 6.24. The molecule has 2 aromatic carbocycles. The molecule has 11 heteroatoms. The minimum absolute atomic E-state index is 0.166. The molecule has 11 nitrogen and oxygen atoms in total. The first-order valence-electron chi connectivity index (χ1n) is 12.5. The van der Waals surface area contributed by atoms with E-state index >= 15 is 0 Å². The van der Waals surface area contributed by atoms with Crippen LogP contribution in [0.2, 0.25) is 0 Å². The van der Waals surface area contributed by atoms with E-state index in [1.54, 1.807) is 26.2 Å². The topological polar surface area (TPSA) is 141 Å². The first-order chi connectivity index (χ1) is 18.6. The number of hydrogen-bond donors (Lipinski definition) is 3. The molecule has 1 aliphatic carbocycles. The second-order valence-electron chi connectivity index (χ2n) is 9.22. The molecule has 0 spiro atoms. The fraction of sp³-hybridized carbons (Fsp3) is 0.429. The van der Waals surface area contributed by atoms with Crippen LogP contribution in [-0.2, 0) is 25.5 Å². The normalized spacial score (nSPS) is 15.3. The molecule has 0 aromatic heterocycles. The molecule has 2 amide bonds. The molecule has 3 unspecified atom stereocenters. The number of benzene rings is 1. The van der Waals surface area contributed by atoms with Gasteiger partial charge in [-0.05, 0) is 61.6 Å². The summed E-state index contributed by atoms with van der Waals surface area (Å²) >= 11 is 0. The lowest BCUT2D eigenvalue weighted by Crippen LogP contribution is -2.46. The number of fused-ring (bicyclic) bond motifs is 3. The molecule has 1 aliphatic rings. The Morgan fingerprint density at radius 2 is 1.64 bits per heavy atom. The van der Waals surface area contributed by atoms with Crippen molar-refractivity contribution in [1.82, 2.24) is 10.6 Å². The van der Waals surface area contributed by atoms with Crippen LogP contribution >= 0.6 is 0 Å². The van der Waals surface area contributed by atoms with Crippen molar-refractivity contribution in [2.24, 2.45) is 0 Å². The standard InChI is InChI=1S/C28H35N3O8/c1-14(27(34)30-15(2)28(35)39-7)29-21-11-9-18-19(13-22(21)33)20(31-16(3)32)10-8-17-12-23(36-4)25(37-5)26(38-6)24(17)18/h9,11-15,20H,8,10H2,1-7H3,(H,29,33)(H,30,34)(H,31,32). The highest BCUT2D eigenvalue weighted by Gasteiger charge is 2.29. The molecule has 0 aliphatic heterocycles. The number of hydrogen-bond acceptors (Lipinski definition) is 9. The number of anilines is 1. The van der Waals surface area contributed by atoms with E-state index in [4.69, 9.17) is 14.2 Å². The van der Waals surface area contributed by atoms with Gasteiger partial charge in [0.1, 0.15) is 12.1 Å². The molecule has 0 saturated carbocycles. The van der Waals surface area contributed by atoms with Gasteiger partial charge in [0, 0.05) is 12.5 Å². The molecule has 0 bridgehead atoms. The molecule has 2 aromatic rings. The minimum Gasteiger partial charge on any atom is -0.493 e. The average Bonchev–Trinajstić information content (AvgIpc) is 3.15. The van der Waals surface area contributed by atoms with Gasteiger partial charge in [0.05, 0.1) is 40.2 Å². The summed E-state index contributed by atoms with van der Waals surface area (Å²) in [5.74, 6) is 0.0373. The van der Waals surface area contributed by atoms with E-state index in [1.165, 1.54) is 41.2 Å². The van der Waals surface area contributed by atoms with Gasteiger partial charge in [-0.3, -0.25) is 14.4 Å². The molecule has 3 atom stereocenters. The lowest BCUT2D eigenvalue weighted by atomic mass is 9.95. The van der Waals surface area contributed by atoms with Gasteiger partial charge >= 0.3 is 5.97 Å². The fourth-order valence-corrected chi connectivity index (χ4v) is 4.70. The summed E-state index contributed by atoms with van der Waals surface area (Å²) in [5, 5.41) is 8.45. The van der Waals surface area contributed by atoms with Gasteiger partial charge in [-0.2, -0.15) is 0 Å². The summed E-state index contributed by atoms with van der Waals surface area (Å²) in [4.78, 5) is 49.8. The number of methoxy groups -OCH3 is 4. The zero-order valence-corrected chi connectivity index (χ0v) is 23.2. The Morgan fingerprint density at radius 3 is 2.23 bits per heavy atom. The molecule has 0 saturated heterocycles. The van der Waals surface area contributed by atoms with Crippen LogP contribution in [-0.4, -0.2) is 58.3 Å². The molecule has 0 radical (unpaired) electrons. The van der Waals surface area contributed by atoms with Crippen molar-refractivity contribution in [2.75, 3.05) is 33.8 Å². The monoisotopic (exact) mass is 541 g/mol. The third-order valence-electron chi connectivity index (χ3n) is 6.59. The van der Waals surface area contributed by atoms with Crippen molar-refractivity contribution in [2.45, 2.75) is 51.7 Å². The quantitative estimate of drug-likeness (QED) is 0.408. The summed E-state index contributed by atoms with van der Waals surface area (Å²) in [6.07, 6.45) is 1.10. The Morgan fingerprint density at radius 1 is 0.949 bits per heavy atom. The number of rotatable bonds is 9. The third-order valence-corrected chi connectivity index (χ3v) is 6.59. The summed E-state index contributed by atoms with van der Waals surface area (Å²) in [6, 6.07) is 4.53. The highest BCUT2D eigenvalue weighted by Crippen LogP contribution is 2.50. The van der Waals surface area contributed by atoms with Crippen molar-refractivity contribution >= 4 is 23.5 Å². The van der Waals surface area contributed by atoms with Gasteiger partial charge < -0.3 is 34.9 Å². The van der Waals surface area contributed by atoms with Gasteiger partial charge in [-0.15, -0.1) is 0 Å². The summed E-state index contributed by atoms with van der Waals surface area (Å²) in [5.41, 5.74) is 2.67. The first kappa shape index (κ1) is 29.3. The van der Waals surface area contributed by atoms with Crippen molar-refractivity contribution < 1.29 is 33.3 Å². The lowest BCUT2D eigenvalue weighted by Gasteiger charge is -2.19. The summed E-state index contributed by atoms with van der Waals surface area (Å²) in [6.45, 7) is 4.51. The van der Waals surface area contributed by atoms with E-state index in [2.05, 4.69) is 20.7 Å². The lowest BCUT2D eigenvalue weighted by molar-refractivity contribution is -0.144. The fourth-order valence-electron chi connectivity index (χ4n) is 4.70. The van der Waals surface area contributed by atoms with E-state index in [9.17, 15) is 19.2 Å². The maximum Gasteiger partial charge on any atom is 0.328 e. The highest BCUT2D eigenvalue weighted by molar-refractivity contribution is 5.89. The van der Waals surface area contributed by atoms with Crippen LogP contribution in [0.15, 0.2) is 29.1 Å². The Bertz CT molecular complexity index is 1330. The van der Waals surface area contributed by atoms with E-state index in [1.807, 2.05) is 6.07 Å². The van der Waals surface area contributed by atoms with Crippen LogP contribution in [0.1, 0.15) is 44.4 Å². The van der Waals surface area contributed by atoms with Crippen LogP contribution in [0.5, 0.6) is 17.2 Å². The molecule has 39 heavy (non-hydrogen) atoms. The number of esters is 1. The van der Waals surface area contributed by atoms with Crippen molar-refractivity contribution in [1.29, 1.82) is 0 Å². The largest absolute Gasteiger partial charge is 0.493 e. The number of ether oxygens (including phenoxy) is 4. The molecule has 0 heterocycles. The number of amides is 2. The Kier molecular flexibility index (Phi) is 9.39. The zero-order valence-electron chi connectivity index (χ0n) is 23.2. The Hall–Kier alpha value is -4.28. The molecule has 0 fully saturated rings. The van der Waals surface area contributed by atoms with Gasteiger partial charge in [0.2, 0.25) is 23.0 Å². The number of nitrogens with one attached hydrogen (secondary N) is 3. The molecule has 210 valence electrons. The van der Waals surface area contributed by atoms with Crippen LogP contribution in [0.25, 0.3) is 11.1 Å². The van der Waals surface area contributed by atoms with Gasteiger partial charge in [-0.1, -0.05) is 6.07 Å². The summed E-state index contributed by atoms with van der Waals surface area (Å²) in [7, 11) is 5.81. The maximum atomic E-state index is 13.4. The van der Waals surface area contributed by atoms with Crippen LogP contribution < -0.4 is 35.6 Å². The predicted octanol–water partition coefficient (Wildman–Crippen LogP) is 2.34. The smallest absolute Gasteiger partial charge is 0.328 e. The van der Waals surface area contributed by atoms with Gasteiger partial charge in [-0.25, -0.2) is 4.79 Å². The zero-order chi connectivity index (χ0) is 28.9. The Labute approximate surface area is 227 Å². The molecular weight excluding hydrogens is 506 g/mol. The Balaban J connectivity index is 2.15. The van der Waals surface area contributed by atoms with E-state index in [0.717, 1.165) is 11.1 Å². The van der Waals surface area contributed by atoms with Crippen molar-refractivity contribution in [3.63, 3.8) is 0 Å². The predicted molar refractivity (Wildman–Crippen MR) is 145 cm³/mol. The SMILES string of the molecule is COC(=O)C(C)NC(=O)C(C)Nc1ccc2c(cc1=O)C(NC(C)=O)CCc1cc(OC)c(OC)c(OC)c1-2. The van der Waals surface area contributed by atoms with E-state index in [-0.39, 0.29) is 17.0 Å². The number of carbonyl (C=O) groups excluding carboxylic acids is 3. The number of carbonyl (C=O) groups is 3. The van der Waals surface area contributed by atoms with Crippen molar-refractivity contribution in [3.8, 4) is 28.4 Å². The maximum absolute atomic E-state index is 13.4. The molecule has 3 N–H and O–H groups in total. The van der Waals surface area contributed by atoms with Gasteiger partial charge in [0.15, 0.2) is 11.5 Å². The molecular formula is C28H35N3O8. The average molecular weight is 542 g/mol. The highest BCUT2D eigenvalue weighted by atomic mass is 16.5. The van der Waals surface area contributed by atoms with Crippen LogP contribution in [0.3, 0.4) is 0 Å². The first-order valence-corrected chi connectivity index (χ1v) is 12.5. The van der Waals surface area contributed by atoms with Crippen LogP contribution in [0.4, 0.5) is 5.69 Å². The van der Waals surface area contributed by atoms with E-state index < -0.39 is 30.0 Å². The second-order valence-corrected chi connectivity index (χ2v) is 9.22. The number of aryl methyl sites for hydroxylation is 1. The van der Waals surface area contributed by atoms with Gasteiger partial charge in [0.25, 0.3) is 0 Å². The minimum atomic E-state index is -0.851. The van der Waals surface area contributed by atoms with Crippen LogP contribution in [0, 0.1) is 0 Å².